The second-order valence-corrected chi connectivity index (χ2v) is 6.89. The van der Waals surface area contributed by atoms with Crippen LogP contribution >= 0.6 is 0 Å². The van der Waals surface area contributed by atoms with E-state index in [-0.39, 0.29) is 5.69 Å². The van der Waals surface area contributed by atoms with Gasteiger partial charge in [0.2, 0.25) is 0 Å². The summed E-state index contributed by atoms with van der Waals surface area (Å²) < 4.78 is 31.0. The highest BCUT2D eigenvalue weighted by Crippen LogP contribution is 2.32. The third-order valence-corrected chi connectivity index (χ3v) is 4.19. The Hall–Kier alpha value is -3.45. The van der Waals surface area contributed by atoms with Gasteiger partial charge in [0.05, 0.1) is 21.6 Å². The molecule has 0 saturated heterocycles. The second kappa shape index (κ2) is 8.49. The fraction of sp³-hybridized carbons (Fsp3) is 0.200. The zero-order valence-electron chi connectivity index (χ0n) is 14.5. The number of azo groups is 1. The molecule has 0 fully saturated rings. The number of hydrogen-bond acceptors (Lipinski definition) is 9. The molecule has 2 aromatic carbocycles. The van der Waals surface area contributed by atoms with E-state index < -0.39 is 37.2 Å². The first kappa shape index (κ1) is 20.9. The molecule has 0 radical (unpaired) electrons. The molecule has 0 heterocycles. The SMILES string of the molecule is CCN(CS(=O)(=O)O)c1ccc(N=Nc2ccc([N+](=O)[O-])cc2[N+](=O)[O-])cc1. The molecule has 0 aromatic heterocycles. The Morgan fingerprint density at radius 1 is 1.04 bits per heavy atom. The van der Waals surface area contributed by atoms with E-state index in [2.05, 4.69) is 10.2 Å². The van der Waals surface area contributed by atoms with Crippen LogP contribution in [0.15, 0.2) is 52.7 Å². The fourth-order valence-corrected chi connectivity index (χ4v) is 2.97. The summed E-state index contributed by atoms with van der Waals surface area (Å²) in [5.74, 6) is -0.570. The number of rotatable bonds is 8. The molecule has 0 saturated carbocycles. The first-order chi connectivity index (χ1) is 13.1. The Bertz CT molecular complexity index is 1020. The first-order valence-corrected chi connectivity index (χ1v) is 9.36. The third-order valence-electron chi connectivity index (χ3n) is 3.56. The van der Waals surface area contributed by atoms with Crippen LogP contribution in [-0.2, 0) is 10.1 Å². The molecule has 0 unspecified atom stereocenters. The van der Waals surface area contributed by atoms with Gasteiger partial charge >= 0.3 is 5.69 Å². The number of benzene rings is 2. The average molecular weight is 409 g/mol. The lowest BCUT2D eigenvalue weighted by Gasteiger charge is -2.21. The number of nitrogens with zero attached hydrogens (tertiary/aromatic N) is 5. The van der Waals surface area contributed by atoms with Crippen LogP contribution in [0.25, 0.3) is 0 Å². The molecule has 0 aliphatic carbocycles. The Morgan fingerprint density at radius 2 is 1.68 bits per heavy atom. The molecule has 0 aliphatic heterocycles. The lowest BCUT2D eigenvalue weighted by atomic mass is 10.2. The number of nitro groups is 2. The van der Waals surface area contributed by atoms with Crippen molar-refractivity contribution in [2.45, 2.75) is 6.92 Å². The van der Waals surface area contributed by atoms with E-state index in [1.807, 2.05) is 0 Å². The number of nitro benzene ring substituents is 2. The maximum atomic E-state index is 11.1. The minimum atomic E-state index is -4.19. The second-order valence-electron chi connectivity index (χ2n) is 5.47. The largest absolute Gasteiger partial charge is 0.356 e. The molecule has 0 aliphatic rings. The summed E-state index contributed by atoms with van der Waals surface area (Å²) in [5.41, 5.74) is -0.311. The Morgan fingerprint density at radius 3 is 2.18 bits per heavy atom. The van der Waals surface area contributed by atoms with Gasteiger partial charge in [-0.25, -0.2) is 0 Å². The molecule has 0 spiro atoms. The highest BCUT2D eigenvalue weighted by atomic mass is 32.2. The Kier molecular flexibility index (Phi) is 6.33. The van der Waals surface area contributed by atoms with Gasteiger partial charge in [0, 0.05) is 18.3 Å². The van der Waals surface area contributed by atoms with Crippen molar-refractivity contribution in [2.24, 2.45) is 10.2 Å². The Balaban J connectivity index is 2.25. The van der Waals surface area contributed by atoms with Crippen LogP contribution in [-0.4, -0.2) is 35.2 Å². The maximum Gasteiger partial charge on any atom is 0.303 e. The minimum absolute atomic E-state index is 0.152. The van der Waals surface area contributed by atoms with Gasteiger partial charge in [-0.05, 0) is 37.3 Å². The van der Waals surface area contributed by atoms with E-state index in [1.165, 1.54) is 17.0 Å². The summed E-state index contributed by atoms with van der Waals surface area (Å²) in [5, 5.41) is 29.4. The maximum absolute atomic E-state index is 11.1. The van der Waals surface area contributed by atoms with Crippen molar-refractivity contribution in [3.8, 4) is 0 Å². The van der Waals surface area contributed by atoms with Gasteiger partial charge in [-0.3, -0.25) is 24.8 Å². The quantitative estimate of drug-likeness (QED) is 0.298. The zero-order valence-corrected chi connectivity index (χ0v) is 15.3. The summed E-state index contributed by atoms with van der Waals surface area (Å²) in [6, 6.07) is 9.11. The van der Waals surface area contributed by atoms with Crippen LogP contribution < -0.4 is 4.90 Å². The molecule has 0 bridgehead atoms. The van der Waals surface area contributed by atoms with Gasteiger partial charge in [-0.15, -0.1) is 5.11 Å². The molecule has 0 atom stereocenters. The van der Waals surface area contributed by atoms with Crippen molar-refractivity contribution in [1.29, 1.82) is 0 Å². The lowest BCUT2D eigenvalue weighted by molar-refractivity contribution is -0.393. The molecular formula is C15H15N5O7S. The van der Waals surface area contributed by atoms with Crippen molar-refractivity contribution in [1.82, 2.24) is 0 Å². The predicted molar refractivity (Wildman–Crippen MR) is 99.8 cm³/mol. The van der Waals surface area contributed by atoms with Gasteiger partial charge in [0.15, 0.2) is 5.69 Å². The van der Waals surface area contributed by atoms with Crippen LogP contribution in [0.1, 0.15) is 6.92 Å². The van der Waals surface area contributed by atoms with Crippen LogP contribution in [0, 0.1) is 20.2 Å². The highest BCUT2D eigenvalue weighted by Gasteiger charge is 2.19. The van der Waals surface area contributed by atoms with Crippen molar-refractivity contribution < 1.29 is 22.8 Å². The number of hydrogen-bond donors (Lipinski definition) is 1. The number of non-ortho nitro benzene ring substituents is 1. The molecule has 2 aromatic rings. The van der Waals surface area contributed by atoms with Crippen LogP contribution in [0.4, 0.5) is 28.4 Å². The van der Waals surface area contributed by atoms with E-state index in [0.717, 1.165) is 18.2 Å². The van der Waals surface area contributed by atoms with E-state index in [0.29, 0.717) is 17.9 Å². The Labute approximate surface area is 159 Å². The summed E-state index contributed by atoms with van der Waals surface area (Å²) in [4.78, 5) is 21.7. The fourth-order valence-electron chi connectivity index (χ4n) is 2.24. The summed E-state index contributed by atoms with van der Waals surface area (Å²) in [6.07, 6.45) is 0. The molecule has 13 heteroatoms. The first-order valence-electron chi connectivity index (χ1n) is 7.75. The van der Waals surface area contributed by atoms with Crippen molar-refractivity contribution in [3.05, 3.63) is 62.7 Å². The number of anilines is 1. The van der Waals surface area contributed by atoms with E-state index in [4.69, 9.17) is 4.55 Å². The van der Waals surface area contributed by atoms with Gasteiger partial charge in [-0.2, -0.15) is 13.5 Å². The molecule has 2 rings (SSSR count). The van der Waals surface area contributed by atoms with Gasteiger partial charge in [0.1, 0.15) is 5.88 Å². The molecule has 28 heavy (non-hydrogen) atoms. The summed E-state index contributed by atoms with van der Waals surface area (Å²) in [6.45, 7) is 2.04. The third kappa shape index (κ3) is 5.52. The average Bonchev–Trinajstić information content (AvgIpc) is 2.63. The zero-order chi connectivity index (χ0) is 20.9. The van der Waals surface area contributed by atoms with Crippen LogP contribution in [0.2, 0.25) is 0 Å². The van der Waals surface area contributed by atoms with Gasteiger partial charge < -0.3 is 4.90 Å². The van der Waals surface area contributed by atoms with Crippen molar-refractivity contribution in [3.63, 3.8) is 0 Å². The normalized spacial score (nSPS) is 11.5. The molecular weight excluding hydrogens is 394 g/mol. The van der Waals surface area contributed by atoms with Gasteiger partial charge in [0.25, 0.3) is 15.8 Å². The summed E-state index contributed by atoms with van der Waals surface area (Å²) in [7, 11) is -4.19. The topological polar surface area (TPSA) is 169 Å². The summed E-state index contributed by atoms with van der Waals surface area (Å²) >= 11 is 0. The van der Waals surface area contributed by atoms with Crippen molar-refractivity contribution >= 4 is 38.6 Å². The van der Waals surface area contributed by atoms with Crippen molar-refractivity contribution in [2.75, 3.05) is 17.3 Å². The molecule has 148 valence electrons. The predicted octanol–water partition coefficient (Wildman–Crippen LogP) is 3.59. The standard InChI is InChI=1S/C15H15N5O7S/c1-2-18(10-28(25,26)27)12-5-3-11(4-6-12)16-17-14-8-7-13(19(21)22)9-15(14)20(23)24/h3-9H,2,10H2,1H3,(H,25,26,27). The lowest BCUT2D eigenvalue weighted by Crippen LogP contribution is -2.29. The monoisotopic (exact) mass is 409 g/mol. The molecule has 1 N–H and O–H groups in total. The highest BCUT2D eigenvalue weighted by molar-refractivity contribution is 7.85. The van der Waals surface area contributed by atoms with E-state index in [9.17, 15) is 28.6 Å². The smallest absolute Gasteiger partial charge is 0.303 e. The van der Waals surface area contributed by atoms with Gasteiger partial charge in [-0.1, -0.05) is 0 Å². The minimum Gasteiger partial charge on any atom is -0.356 e. The molecule has 12 nitrogen and oxygen atoms in total. The van der Waals surface area contributed by atoms with E-state index >= 15 is 0 Å². The van der Waals surface area contributed by atoms with Crippen LogP contribution in [0.3, 0.4) is 0 Å². The van der Waals surface area contributed by atoms with Crippen LogP contribution in [0.5, 0.6) is 0 Å². The molecule has 0 amide bonds. The van der Waals surface area contributed by atoms with E-state index in [1.54, 1.807) is 19.1 Å².